The summed E-state index contributed by atoms with van der Waals surface area (Å²) in [6.07, 6.45) is 2.80. The van der Waals surface area contributed by atoms with Crippen LogP contribution in [0.3, 0.4) is 0 Å². The third kappa shape index (κ3) is 7.12. The number of carbonyl (C=O) groups is 2. The van der Waals surface area contributed by atoms with Gasteiger partial charge in [-0.25, -0.2) is 8.42 Å². The highest BCUT2D eigenvalue weighted by molar-refractivity contribution is 7.89. The molecule has 4 aromatic rings. The Balaban J connectivity index is 1.26. The molecule has 2 aliphatic rings. The zero-order valence-electron chi connectivity index (χ0n) is 25.9. The van der Waals surface area contributed by atoms with Gasteiger partial charge in [0, 0.05) is 62.0 Å². The normalized spacial score (nSPS) is 19.5. The van der Waals surface area contributed by atoms with E-state index < -0.39 is 28.0 Å². The van der Waals surface area contributed by atoms with Crippen molar-refractivity contribution in [2.24, 2.45) is 0 Å². The number of hydrogen-bond donors (Lipinski definition) is 1. The van der Waals surface area contributed by atoms with E-state index in [0.29, 0.717) is 41.6 Å². The average Bonchev–Trinajstić information content (AvgIpc) is 3.08. The number of morpholine rings is 1. The zero-order chi connectivity index (χ0) is 33.1. The molecule has 0 spiro atoms. The molecule has 2 aliphatic heterocycles. The SMILES string of the molecule is CC1C(C(=O)NCCN2CCOCC2)N(C(=O)c2ccc(-c3cc[n+]([O-])cc3)cc2)CCN1S(=O)(=O)c1ccc2cc(Cl)ccc2c1. The number of halogens is 1. The maximum absolute atomic E-state index is 14.1. The first-order valence-electron chi connectivity index (χ1n) is 15.5. The van der Waals surface area contributed by atoms with Crippen LogP contribution in [-0.2, 0) is 19.6 Å². The van der Waals surface area contributed by atoms with Crippen LogP contribution in [-0.4, -0.2) is 98.9 Å². The van der Waals surface area contributed by atoms with Gasteiger partial charge in [0.25, 0.3) is 5.91 Å². The number of nitrogens with zero attached hydrogens (tertiary/aromatic N) is 4. The molecule has 6 rings (SSSR count). The van der Waals surface area contributed by atoms with E-state index in [9.17, 15) is 23.2 Å². The highest BCUT2D eigenvalue weighted by Gasteiger charge is 2.45. The van der Waals surface area contributed by atoms with E-state index in [1.54, 1.807) is 79.7 Å². The molecule has 13 heteroatoms. The summed E-state index contributed by atoms with van der Waals surface area (Å²) in [7, 11) is -4.03. The van der Waals surface area contributed by atoms with Gasteiger partial charge < -0.3 is 20.2 Å². The van der Waals surface area contributed by atoms with Crippen LogP contribution in [0.1, 0.15) is 17.3 Å². The van der Waals surface area contributed by atoms with Gasteiger partial charge in [-0.15, -0.1) is 0 Å². The lowest BCUT2D eigenvalue weighted by Crippen LogP contribution is -2.66. The standard InChI is InChI=1S/C34H36ClN5O6S/c1-24-32(33(41)36-12-15-37-18-20-46-21-19-37)39(34(42)27-4-2-25(3-5-27)26-10-13-38(43)14-11-26)16-17-40(24)47(44,45)31-9-7-28-22-30(35)8-6-29(28)23-31/h2-11,13-14,22-24,32H,12,15-21H2,1H3,(H,36,41). The van der Waals surface area contributed by atoms with Gasteiger partial charge in [-0.05, 0) is 65.2 Å². The van der Waals surface area contributed by atoms with Crippen LogP contribution in [0, 0.1) is 5.21 Å². The number of nitrogens with one attached hydrogen (secondary N) is 1. The molecule has 1 aromatic heterocycles. The first kappa shape index (κ1) is 32.9. The minimum atomic E-state index is -4.03. The number of carbonyl (C=O) groups excluding carboxylic acids is 2. The summed E-state index contributed by atoms with van der Waals surface area (Å²) < 4.78 is 35.6. The molecular formula is C34H36ClN5O6S. The van der Waals surface area contributed by atoms with Crippen molar-refractivity contribution in [2.75, 3.05) is 52.5 Å². The van der Waals surface area contributed by atoms with E-state index in [1.165, 1.54) is 21.6 Å². The fourth-order valence-corrected chi connectivity index (χ4v) is 8.07. The van der Waals surface area contributed by atoms with Gasteiger partial charge >= 0.3 is 0 Å². The predicted octanol–water partition coefficient (Wildman–Crippen LogP) is 3.15. The molecule has 246 valence electrons. The third-order valence-corrected chi connectivity index (χ3v) is 11.0. The monoisotopic (exact) mass is 677 g/mol. The van der Waals surface area contributed by atoms with Crippen molar-refractivity contribution in [3.63, 3.8) is 0 Å². The molecule has 2 fully saturated rings. The number of fused-ring (bicyclic) bond motifs is 1. The van der Waals surface area contributed by atoms with Crippen LogP contribution >= 0.6 is 11.6 Å². The molecule has 2 unspecified atom stereocenters. The van der Waals surface area contributed by atoms with Gasteiger partial charge in [-0.1, -0.05) is 35.9 Å². The lowest BCUT2D eigenvalue weighted by molar-refractivity contribution is -0.605. The summed E-state index contributed by atoms with van der Waals surface area (Å²) in [4.78, 5) is 31.6. The largest absolute Gasteiger partial charge is 0.619 e. The van der Waals surface area contributed by atoms with Crippen LogP contribution in [0.5, 0.6) is 0 Å². The van der Waals surface area contributed by atoms with E-state index in [-0.39, 0.29) is 23.9 Å². The number of ether oxygens (including phenoxy) is 1. The fourth-order valence-electron chi connectivity index (χ4n) is 6.23. The molecule has 0 aliphatic carbocycles. The van der Waals surface area contributed by atoms with Crippen LogP contribution in [0.25, 0.3) is 21.9 Å². The van der Waals surface area contributed by atoms with E-state index in [1.807, 2.05) is 0 Å². The number of benzene rings is 3. The predicted molar refractivity (Wildman–Crippen MR) is 178 cm³/mol. The Kier molecular flexibility index (Phi) is 9.76. The van der Waals surface area contributed by atoms with Crippen molar-refractivity contribution < 1.29 is 27.5 Å². The van der Waals surface area contributed by atoms with Crippen LogP contribution in [0.15, 0.2) is 90.1 Å². The molecule has 3 heterocycles. The van der Waals surface area contributed by atoms with Gasteiger partial charge in [0.1, 0.15) is 6.04 Å². The van der Waals surface area contributed by atoms with Crippen molar-refractivity contribution in [2.45, 2.75) is 23.9 Å². The molecule has 3 aromatic carbocycles. The van der Waals surface area contributed by atoms with Crippen LogP contribution < -0.4 is 10.0 Å². The van der Waals surface area contributed by atoms with Gasteiger partial charge in [-0.3, -0.25) is 14.5 Å². The van der Waals surface area contributed by atoms with Crippen molar-refractivity contribution in [3.8, 4) is 11.1 Å². The molecule has 2 saturated heterocycles. The second-order valence-electron chi connectivity index (χ2n) is 11.7. The molecule has 47 heavy (non-hydrogen) atoms. The summed E-state index contributed by atoms with van der Waals surface area (Å²) >= 11 is 6.12. The number of sulfonamides is 1. The Labute approximate surface area is 278 Å². The highest BCUT2D eigenvalue weighted by Crippen LogP contribution is 2.30. The van der Waals surface area contributed by atoms with Gasteiger partial charge in [-0.2, -0.15) is 9.04 Å². The summed E-state index contributed by atoms with van der Waals surface area (Å²) in [6, 6.07) is 18.5. The quantitative estimate of drug-likeness (QED) is 0.224. The lowest BCUT2D eigenvalue weighted by Gasteiger charge is -2.44. The maximum Gasteiger partial charge on any atom is 0.254 e. The smallest absolute Gasteiger partial charge is 0.254 e. The van der Waals surface area contributed by atoms with Crippen LogP contribution in [0.2, 0.25) is 5.02 Å². The Bertz CT molecular complexity index is 1870. The summed E-state index contributed by atoms with van der Waals surface area (Å²) in [6.45, 7) is 5.46. The summed E-state index contributed by atoms with van der Waals surface area (Å²) in [5.74, 6) is -0.791. The minimum absolute atomic E-state index is 0.0166. The minimum Gasteiger partial charge on any atom is -0.619 e. The first-order valence-corrected chi connectivity index (χ1v) is 17.3. The summed E-state index contributed by atoms with van der Waals surface area (Å²) in [5, 5.41) is 16.5. The second-order valence-corrected chi connectivity index (χ2v) is 14.0. The topological polar surface area (TPSA) is 126 Å². The fraction of sp³-hybridized carbons (Fsp3) is 0.324. The molecule has 0 bridgehead atoms. The zero-order valence-corrected chi connectivity index (χ0v) is 27.5. The highest BCUT2D eigenvalue weighted by atomic mass is 35.5. The van der Waals surface area contributed by atoms with E-state index in [2.05, 4.69) is 10.2 Å². The van der Waals surface area contributed by atoms with Gasteiger partial charge in [0.2, 0.25) is 15.9 Å². The number of piperazine rings is 1. The Hall–Kier alpha value is -4.07. The third-order valence-electron chi connectivity index (χ3n) is 8.82. The van der Waals surface area contributed by atoms with Crippen molar-refractivity contribution >= 4 is 44.2 Å². The van der Waals surface area contributed by atoms with Crippen molar-refractivity contribution in [1.29, 1.82) is 0 Å². The number of pyridine rings is 1. The number of hydrogen-bond acceptors (Lipinski definition) is 7. The maximum atomic E-state index is 14.1. The second kappa shape index (κ2) is 14.0. The molecule has 1 N–H and O–H groups in total. The Morgan fingerprint density at radius 3 is 2.30 bits per heavy atom. The van der Waals surface area contributed by atoms with Crippen LogP contribution in [0.4, 0.5) is 0 Å². The van der Waals surface area contributed by atoms with E-state index in [0.717, 1.165) is 35.0 Å². The molecule has 2 amide bonds. The molecule has 2 atom stereocenters. The van der Waals surface area contributed by atoms with Gasteiger partial charge in [0.15, 0.2) is 12.4 Å². The Morgan fingerprint density at radius 1 is 0.915 bits per heavy atom. The van der Waals surface area contributed by atoms with Crippen molar-refractivity contribution in [3.05, 3.63) is 101 Å². The number of amides is 2. The van der Waals surface area contributed by atoms with E-state index in [4.69, 9.17) is 16.3 Å². The molecule has 0 radical (unpaired) electrons. The first-order chi connectivity index (χ1) is 22.6. The molecule has 11 nitrogen and oxygen atoms in total. The molecule has 0 saturated carbocycles. The summed E-state index contributed by atoms with van der Waals surface area (Å²) in [5.41, 5.74) is 2.01. The molecular weight excluding hydrogens is 642 g/mol. The average molecular weight is 678 g/mol. The van der Waals surface area contributed by atoms with Crippen molar-refractivity contribution in [1.82, 2.24) is 19.4 Å². The number of rotatable bonds is 8. The van der Waals surface area contributed by atoms with E-state index >= 15 is 0 Å². The Morgan fingerprint density at radius 2 is 1.57 bits per heavy atom. The number of aromatic nitrogens is 1. The lowest BCUT2D eigenvalue weighted by atomic mass is 10.0. The van der Waals surface area contributed by atoms with Gasteiger partial charge in [0.05, 0.1) is 24.2 Å².